The lowest BCUT2D eigenvalue weighted by molar-refractivity contribution is -0.143. The smallest absolute Gasteiger partial charge is 0.308 e. The van der Waals surface area contributed by atoms with Crippen molar-refractivity contribution in [2.45, 2.75) is 13.3 Å². The molecule has 1 aliphatic rings. The molecule has 1 heterocycles. The Morgan fingerprint density at radius 2 is 2.25 bits per heavy atom. The highest BCUT2D eigenvalue weighted by atomic mass is 16.4. The van der Waals surface area contributed by atoms with Crippen LogP contribution in [-0.4, -0.2) is 47.9 Å². The summed E-state index contributed by atoms with van der Waals surface area (Å²) < 4.78 is 0. The molecule has 0 aromatic heterocycles. The second-order valence-electron chi connectivity index (χ2n) is 4.16. The number of hydrogen-bond acceptors (Lipinski definition) is 3. The van der Waals surface area contributed by atoms with Crippen molar-refractivity contribution in [1.82, 2.24) is 10.2 Å². The molecule has 0 aliphatic carbocycles. The largest absolute Gasteiger partial charge is 0.481 e. The Hall–Kier alpha value is -1.59. The van der Waals surface area contributed by atoms with E-state index in [2.05, 4.69) is 5.32 Å². The lowest BCUT2D eigenvalue weighted by atomic mass is 10.1. The zero-order valence-corrected chi connectivity index (χ0v) is 9.40. The molecule has 6 heteroatoms. The average molecular weight is 228 g/mol. The summed E-state index contributed by atoms with van der Waals surface area (Å²) in [6, 6.07) is 0. The van der Waals surface area contributed by atoms with Crippen LogP contribution in [0.1, 0.15) is 13.3 Å². The highest BCUT2D eigenvalue weighted by molar-refractivity contribution is 5.89. The minimum Gasteiger partial charge on any atom is -0.481 e. The van der Waals surface area contributed by atoms with Crippen LogP contribution in [0.15, 0.2) is 0 Å². The van der Waals surface area contributed by atoms with Gasteiger partial charge in [-0.3, -0.25) is 14.4 Å². The standard InChI is InChI=1S/C10H16N2O4/c1-6(10(15)16)5-12(2)9(14)7-3-8(13)11-4-7/h6-7H,3-5H2,1-2H3,(H,11,13)(H,15,16). The van der Waals surface area contributed by atoms with Crippen LogP contribution < -0.4 is 5.32 Å². The lowest BCUT2D eigenvalue weighted by Gasteiger charge is -2.21. The summed E-state index contributed by atoms with van der Waals surface area (Å²) in [6.07, 6.45) is 0.199. The maximum Gasteiger partial charge on any atom is 0.308 e. The van der Waals surface area contributed by atoms with Gasteiger partial charge in [-0.15, -0.1) is 0 Å². The number of carboxylic acid groups (broad SMARTS) is 1. The van der Waals surface area contributed by atoms with Gasteiger partial charge in [0.2, 0.25) is 11.8 Å². The quantitative estimate of drug-likeness (QED) is 0.666. The molecule has 1 saturated heterocycles. The zero-order valence-electron chi connectivity index (χ0n) is 9.40. The molecule has 2 amide bonds. The number of amides is 2. The van der Waals surface area contributed by atoms with E-state index < -0.39 is 11.9 Å². The number of carbonyl (C=O) groups excluding carboxylic acids is 2. The maximum atomic E-state index is 11.8. The Kier molecular flexibility index (Phi) is 3.87. The topological polar surface area (TPSA) is 86.7 Å². The van der Waals surface area contributed by atoms with E-state index in [1.165, 1.54) is 4.90 Å². The van der Waals surface area contributed by atoms with Crippen molar-refractivity contribution in [2.24, 2.45) is 11.8 Å². The molecule has 2 atom stereocenters. The molecular formula is C10H16N2O4. The van der Waals surface area contributed by atoms with E-state index in [9.17, 15) is 14.4 Å². The fraction of sp³-hybridized carbons (Fsp3) is 0.700. The summed E-state index contributed by atoms with van der Waals surface area (Å²) in [5.74, 6) is -2.18. The summed E-state index contributed by atoms with van der Waals surface area (Å²) in [4.78, 5) is 34.7. The first-order chi connectivity index (χ1) is 7.41. The molecule has 0 spiro atoms. The van der Waals surface area contributed by atoms with Gasteiger partial charge in [0.1, 0.15) is 0 Å². The normalized spacial score (nSPS) is 21.4. The first-order valence-electron chi connectivity index (χ1n) is 5.16. The van der Waals surface area contributed by atoms with Gasteiger partial charge >= 0.3 is 5.97 Å². The van der Waals surface area contributed by atoms with Crippen molar-refractivity contribution >= 4 is 17.8 Å². The SMILES string of the molecule is CC(CN(C)C(=O)C1CNC(=O)C1)C(=O)O. The number of carbonyl (C=O) groups is 3. The van der Waals surface area contributed by atoms with Crippen LogP contribution in [0.3, 0.4) is 0 Å². The van der Waals surface area contributed by atoms with Crippen molar-refractivity contribution in [1.29, 1.82) is 0 Å². The van der Waals surface area contributed by atoms with Crippen molar-refractivity contribution < 1.29 is 19.5 Å². The summed E-state index contributed by atoms with van der Waals surface area (Å²) in [5, 5.41) is 11.3. The van der Waals surface area contributed by atoms with Crippen LogP contribution in [0.5, 0.6) is 0 Å². The number of carboxylic acids is 1. The van der Waals surface area contributed by atoms with Crippen molar-refractivity contribution in [3.8, 4) is 0 Å². The predicted molar refractivity (Wildman–Crippen MR) is 55.6 cm³/mol. The molecule has 1 rings (SSSR count). The minimum absolute atomic E-state index is 0.127. The van der Waals surface area contributed by atoms with E-state index in [1.54, 1.807) is 14.0 Å². The number of aliphatic carboxylic acids is 1. The van der Waals surface area contributed by atoms with Gasteiger partial charge in [-0.2, -0.15) is 0 Å². The van der Waals surface area contributed by atoms with Gasteiger partial charge < -0.3 is 15.3 Å². The Balaban J connectivity index is 2.47. The first kappa shape index (κ1) is 12.5. The summed E-state index contributed by atoms with van der Waals surface area (Å²) in [5.41, 5.74) is 0. The van der Waals surface area contributed by atoms with Crippen LogP contribution in [0.2, 0.25) is 0 Å². The van der Waals surface area contributed by atoms with Gasteiger partial charge in [0, 0.05) is 26.6 Å². The highest BCUT2D eigenvalue weighted by Gasteiger charge is 2.30. The van der Waals surface area contributed by atoms with Gasteiger partial charge in [0.05, 0.1) is 11.8 Å². The van der Waals surface area contributed by atoms with Crippen LogP contribution in [0.25, 0.3) is 0 Å². The molecule has 2 N–H and O–H groups in total. The highest BCUT2D eigenvalue weighted by Crippen LogP contribution is 2.12. The lowest BCUT2D eigenvalue weighted by Crippen LogP contribution is -2.38. The van der Waals surface area contributed by atoms with Gasteiger partial charge in [0.15, 0.2) is 0 Å². The van der Waals surface area contributed by atoms with Crippen molar-refractivity contribution in [2.75, 3.05) is 20.1 Å². The van der Waals surface area contributed by atoms with Crippen LogP contribution in [0, 0.1) is 11.8 Å². The number of rotatable bonds is 4. The minimum atomic E-state index is -0.930. The van der Waals surface area contributed by atoms with E-state index in [0.29, 0.717) is 6.54 Å². The average Bonchev–Trinajstić information content (AvgIpc) is 2.63. The fourth-order valence-corrected chi connectivity index (χ4v) is 1.67. The third kappa shape index (κ3) is 2.95. The molecule has 0 aromatic rings. The number of nitrogens with zero attached hydrogens (tertiary/aromatic N) is 1. The number of hydrogen-bond donors (Lipinski definition) is 2. The van der Waals surface area contributed by atoms with Crippen molar-refractivity contribution in [3.63, 3.8) is 0 Å². The van der Waals surface area contributed by atoms with Crippen LogP contribution in [-0.2, 0) is 14.4 Å². The van der Waals surface area contributed by atoms with Gasteiger partial charge in [-0.1, -0.05) is 6.92 Å². The Morgan fingerprint density at radius 3 is 2.69 bits per heavy atom. The summed E-state index contributed by atoms with van der Waals surface area (Å²) >= 11 is 0. The molecule has 1 aliphatic heterocycles. The van der Waals surface area contributed by atoms with Crippen molar-refractivity contribution in [3.05, 3.63) is 0 Å². The Morgan fingerprint density at radius 1 is 1.62 bits per heavy atom. The molecule has 0 radical (unpaired) electrons. The molecule has 1 fully saturated rings. The molecule has 90 valence electrons. The molecule has 2 unspecified atom stereocenters. The van der Waals surface area contributed by atoms with E-state index >= 15 is 0 Å². The summed E-state index contributed by atoms with van der Waals surface area (Å²) in [7, 11) is 1.56. The third-order valence-corrected chi connectivity index (χ3v) is 2.67. The molecule has 6 nitrogen and oxygen atoms in total. The van der Waals surface area contributed by atoms with Crippen LogP contribution >= 0.6 is 0 Å². The van der Waals surface area contributed by atoms with Crippen LogP contribution in [0.4, 0.5) is 0 Å². The molecular weight excluding hydrogens is 212 g/mol. The second-order valence-corrected chi connectivity index (χ2v) is 4.16. The molecule has 0 aromatic carbocycles. The predicted octanol–water partition coefficient (Wildman–Crippen LogP) is -0.698. The third-order valence-electron chi connectivity index (χ3n) is 2.67. The van der Waals surface area contributed by atoms with Gasteiger partial charge in [-0.25, -0.2) is 0 Å². The Bertz CT molecular complexity index is 316. The fourth-order valence-electron chi connectivity index (χ4n) is 1.67. The maximum absolute atomic E-state index is 11.8. The summed E-state index contributed by atoms with van der Waals surface area (Å²) in [6.45, 7) is 2.06. The van der Waals surface area contributed by atoms with E-state index in [4.69, 9.17) is 5.11 Å². The second kappa shape index (κ2) is 4.96. The van der Waals surface area contributed by atoms with E-state index in [0.717, 1.165) is 0 Å². The monoisotopic (exact) mass is 228 g/mol. The van der Waals surface area contributed by atoms with E-state index in [-0.39, 0.29) is 30.7 Å². The Labute approximate surface area is 93.6 Å². The van der Waals surface area contributed by atoms with Gasteiger partial charge in [-0.05, 0) is 0 Å². The first-order valence-corrected chi connectivity index (χ1v) is 5.16. The zero-order chi connectivity index (χ0) is 12.3. The number of nitrogens with one attached hydrogen (secondary N) is 1. The molecule has 0 bridgehead atoms. The van der Waals surface area contributed by atoms with E-state index in [1.807, 2.05) is 0 Å². The van der Waals surface area contributed by atoms with Gasteiger partial charge in [0.25, 0.3) is 0 Å². The molecule has 0 saturated carbocycles. The molecule has 16 heavy (non-hydrogen) atoms.